The largest absolute Gasteiger partial charge is 0.467 e. The molecule has 11 heavy (non-hydrogen) atoms. The van der Waals surface area contributed by atoms with Gasteiger partial charge in [0, 0.05) is 18.4 Å². The Morgan fingerprint density at radius 1 is 1.73 bits per heavy atom. The van der Waals surface area contributed by atoms with Crippen LogP contribution in [0, 0.1) is 0 Å². The second kappa shape index (κ2) is 3.93. The van der Waals surface area contributed by atoms with Gasteiger partial charge in [-0.15, -0.1) is 11.6 Å². The van der Waals surface area contributed by atoms with Crippen molar-refractivity contribution in [3.8, 4) is 0 Å². The molecule has 0 radical (unpaired) electrons. The lowest BCUT2D eigenvalue weighted by atomic mass is 10.1. The maximum atomic E-state index is 10.9. The quantitative estimate of drug-likeness (QED) is 0.443. The highest BCUT2D eigenvalue weighted by Crippen LogP contribution is 2.19. The number of hydrogen-bond donors (Lipinski definition) is 0. The van der Waals surface area contributed by atoms with E-state index in [9.17, 15) is 4.79 Å². The SMILES string of the molecule is COC(=O)C1CC(Cl)CCO1. The Labute approximate surface area is 70.6 Å². The lowest BCUT2D eigenvalue weighted by molar-refractivity contribution is -0.156. The van der Waals surface area contributed by atoms with Crippen LogP contribution in [0.5, 0.6) is 0 Å². The highest BCUT2D eigenvalue weighted by Gasteiger charge is 2.27. The van der Waals surface area contributed by atoms with Crippen LogP contribution < -0.4 is 0 Å². The number of hydrogen-bond acceptors (Lipinski definition) is 3. The smallest absolute Gasteiger partial charge is 0.335 e. The first-order valence-corrected chi connectivity index (χ1v) is 4.01. The first-order chi connectivity index (χ1) is 5.24. The molecule has 0 aliphatic carbocycles. The van der Waals surface area contributed by atoms with E-state index in [-0.39, 0.29) is 11.3 Å². The van der Waals surface area contributed by atoms with Crippen molar-refractivity contribution in [2.75, 3.05) is 13.7 Å². The van der Waals surface area contributed by atoms with Crippen LogP contribution in [0.1, 0.15) is 12.8 Å². The molecule has 0 saturated carbocycles. The molecule has 0 bridgehead atoms. The molecule has 0 spiro atoms. The van der Waals surface area contributed by atoms with Gasteiger partial charge in [0.15, 0.2) is 6.10 Å². The van der Waals surface area contributed by atoms with Gasteiger partial charge in [0.25, 0.3) is 0 Å². The molecular formula is C7H11ClO3. The van der Waals surface area contributed by atoms with E-state index >= 15 is 0 Å². The van der Waals surface area contributed by atoms with Crippen LogP contribution in [0.2, 0.25) is 0 Å². The second-order valence-corrected chi connectivity index (χ2v) is 3.12. The summed E-state index contributed by atoms with van der Waals surface area (Å²) in [7, 11) is 1.35. The molecule has 4 heteroatoms. The molecule has 64 valence electrons. The van der Waals surface area contributed by atoms with Crippen molar-refractivity contribution in [3.05, 3.63) is 0 Å². The summed E-state index contributed by atoms with van der Waals surface area (Å²) in [4.78, 5) is 10.9. The van der Waals surface area contributed by atoms with Gasteiger partial charge in [-0.25, -0.2) is 4.79 Å². The molecule has 1 aliphatic heterocycles. The van der Waals surface area contributed by atoms with Gasteiger partial charge < -0.3 is 9.47 Å². The van der Waals surface area contributed by atoms with Crippen LogP contribution in [0.4, 0.5) is 0 Å². The van der Waals surface area contributed by atoms with Gasteiger partial charge in [-0.3, -0.25) is 0 Å². The van der Waals surface area contributed by atoms with E-state index in [1.54, 1.807) is 0 Å². The van der Waals surface area contributed by atoms with E-state index in [4.69, 9.17) is 16.3 Å². The zero-order chi connectivity index (χ0) is 8.27. The minimum absolute atomic E-state index is 0.0489. The Kier molecular flexibility index (Phi) is 3.15. The van der Waals surface area contributed by atoms with Crippen molar-refractivity contribution >= 4 is 17.6 Å². The van der Waals surface area contributed by atoms with E-state index in [1.165, 1.54) is 7.11 Å². The zero-order valence-electron chi connectivity index (χ0n) is 6.38. The van der Waals surface area contributed by atoms with Crippen molar-refractivity contribution in [2.24, 2.45) is 0 Å². The van der Waals surface area contributed by atoms with E-state index in [0.717, 1.165) is 6.42 Å². The van der Waals surface area contributed by atoms with Gasteiger partial charge in [-0.05, 0) is 6.42 Å². The predicted molar refractivity (Wildman–Crippen MR) is 40.6 cm³/mol. The first kappa shape index (κ1) is 8.81. The number of esters is 1. The lowest BCUT2D eigenvalue weighted by Gasteiger charge is -2.23. The van der Waals surface area contributed by atoms with E-state index < -0.39 is 6.10 Å². The molecule has 0 aromatic carbocycles. The lowest BCUT2D eigenvalue weighted by Crippen LogP contribution is -2.33. The normalized spacial score (nSPS) is 31.5. The minimum Gasteiger partial charge on any atom is -0.467 e. The number of ether oxygens (including phenoxy) is 2. The zero-order valence-corrected chi connectivity index (χ0v) is 7.13. The van der Waals surface area contributed by atoms with Gasteiger partial charge in [0.05, 0.1) is 7.11 Å². The molecule has 0 aromatic heterocycles. The average Bonchev–Trinajstić information content (AvgIpc) is 2.03. The first-order valence-electron chi connectivity index (χ1n) is 3.57. The number of carbonyl (C=O) groups excluding carboxylic acids is 1. The maximum absolute atomic E-state index is 10.9. The number of halogens is 1. The summed E-state index contributed by atoms with van der Waals surface area (Å²) in [5.41, 5.74) is 0. The molecule has 3 nitrogen and oxygen atoms in total. The Hall–Kier alpha value is -0.280. The van der Waals surface area contributed by atoms with Crippen molar-refractivity contribution in [1.29, 1.82) is 0 Å². The topological polar surface area (TPSA) is 35.5 Å². The van der Waals surface area contributed by atoms with Gasteiger partial charge in [0.1, 0.15) is 0 Å². The summed E-state index contributed by atoms with van der Waals surface area (Å²) in [6, 6.07) is 0. The average molecular weight is 179 g/mol. The van der Waals surface area contributed by atoms with Gasteiger partial charge >= 0.3 is 5.97 Å². The highest BCUT2D eigenvalue weighted by atomic mass is 35.5. The van der Waals surface area contributed by atoms with Gasteiger partial charge in [0.2, 0.25) is 0 Å². The van der Waals surface area contributed by atoms with Crippen molar-refractivity contribution in [1.82, 2.24) is 0 Å². The molecule has 2 atom stereocenters. The van der Waals surface area contributed by atoms with E-state index in [1.807, 2.05) is 0 Å². The summed E-state index contributed by atoms with van der Waals surface area (Å²) in [6.07, 6.45) is 0.930. The fourth-order valence-electron chi connectivity index (χ4n) is 1.05. The van der Waals surface area contributed by atoms with Crippen LogP contribution in [0.15, 0.2) is 0 Å². The molecular weight excluding hydrogens is 168 g/mol. The summed E-state index contributed by atoms with van der Waals surface area (Å²) in [6.45, 7) is 0.550. The Bertz CT molecular complexity index is 149. The van der Waals surface area contributed by atoms with E-state index in [0.29, 0.717) is 13.0 Å². The molecule has 0 amide bonds. The summed E-state index contributed by atoms with van der Waals surface area (Å²) in [5.74, 6) is -0.324. The van der Waals surface area contributed by atoms with Crippen molar-refractivity contribution in [2.45, 2.75) is 24.3 Å². The van der Waals surface area contributed by atoms with Gasteiger partial charge in [-0.2, -0.15) is 0 Å². The summed E-state index contributed by atoms with van der Waals surface area (Å²) in [5, 5.41) is 0.0489. The Balaban J connectivity index is 2.39. The minimum atomic E-state index is -0.448. The molecule has 0 aromatic rings. The third kappa shape index (κ3) is 2.34. The number of alkyl halides is 1. The standard InChI is InChI=1S/C7H11ClO3/c1-10-7(9)6-4-5(8)2-3-11-6/h5-6H,2-4H2,1H3. The van der Waals surface area contributed by atoms with Crippen LogP contribution in [0.25, 0.3) is 0 Å². The number of carbonyl (C=O) groups is 1. The molecule has 1 saturated heterocycles. The second-order valence-electron chi connectivity index (χ2n) is 2.50. The van der Waals surface area contributed by atoms with Gasteiger partial charge in [-0.1, -0.05) is 0 Å². The number of methoxy groups -OCH3 is 1. The number of rotatable bonds is 1. The van der Waals surface area contributed by atoms with Crippen LogP contribution in [0.3, 0.4) is 0 Å². The third-order valence-corrected chi connectivity index (χ3v) is 2.08. The summed E-state index contributed by atoms with van der Waals surface area (Å²) < 4.78 is 9.66. The molecule has 2 unspecified atom stereocenters. The molecule has 1 fully saturated rings. The van der Waals surface area contributed by atoms with Crippen LogP contribution in [-0.4, -0.2) is 31.2 Å². The molecule has 1 heterocycles. The monoisotopic (exact) mass is 178 g/mol. The van der Waals surface area contributed by atoms with E-state index in [2.05, 4.69) is 4.74 Å². The third-order valence-electron chi connectivity index (χ3n) is 1.68. The molecule has 1 aliphatic rings. The fourth-order valence-corrected chi connectivity index (χ4v) is 1.30. The Morgan fingerprint density at radius 2 is 2.45 bits per heavy atom. The predicted octanol–water partition coefficient (Wildman–Crippen LogP) is 0.946. The Morgan fingerprint density at radius 3 is 3.00 bits per heavy atom. The van der Waals surface area contributed by atoms with Crippen LogP contribution in [-0.2, 0) is 14.3 Å². The van der Waals surface area contributed by atoms with Crippen LogP contribution >= 0.6 is 11.6 Å². The molecule has 0 N–H and O–H groups in total. The highest BCUT2D eigenvalue weighted by molar-refractivity contribution is 6.20. The molecule has 1 rings (SSSR count). The fraction of sp³-hybridized carbons (Fsp3) is 0.857. The maximum Gasteiger partial charge on any atom is 0.335 e. The summed E-state index contributed by atoms with van der Waals surface area (Å²) >= 11 is 5.82. The van der Waals surface area contributed by atoms with Crippen molar-refractivity contribution < 1.29 is 14.3 Å². The van der Waals surface area contributed by atoms with Crippen molar-refractivity contribution in [3.63, 3.8) is 0 Å².